The molecule has 0 aromatic heterocycles. The van der Waals surface area contributed by atoms with Crippen molar-refractivity contribution in [2.45, 2.75) is 107 Å². The molecular formula is C25H40Cl3N3OS. The lowest BCUT2D eigenvalue weighted by Crippen LogP contribution is -2.56. The lowest BCUT2D eigenvalue weighted by Gasteiger charge is -2.27. The number of anilines is 1. The van der Waals surface area contributed by atoms with Crippen LogP contribution in [0.15, 0.2) is 24.3 Å². The quantitative estimate of drug-likeness (QED) is 0.0862. The van der Waals surface area contributed by atoms with Crippen molar-refractivity contribution in [1.82, 2.24) is 10.6 Å². The number of carbonyl (C=O) groups excluding carboxylic acids is 1. The van der Waals surface area contributed by atoms with Crippen LogP contribution in [-0.2, 0) is 4.79 Å². The van der Waals surface area contributed by atoms with E-state index in [1.165, 1.54) is 57.8 Å². The number of aryl methyl sites for hydroxylation is 1. The Labute approximate surface area is 220 Å². The van der Waals surface area contributed by atoms with Gasteiger partial charge in [0.2, 0.25) is 9.70 Å². The number of halogens is 3. The number of carbonyl (C=O) groups is 1. The first kappa shape index (κ1) is 30.3. The van der Waals surface area contributed by atoms with Crippen molar-refractivity contribution in [1.29, 1.82) is 0 Å². The van der Waals surface area contributed by atoms with Crippen LogP contribution in [0.3, 0.4) is 0 Å². The number of hydrogen-bond donors (Lipinski definition) is 3. The van der Waals surface area contributed by atoms with E-state index in [-0.39, 0.29) is 11.0 Å². The smallest absolute Gasteiger partial charge is 0.228 e. The largest absolute Gasteiger partial charge is 0.339 e. The molecule has 0 radical (unpaired) electrons. The molecular weight excluding hydrogens is 497 g/mol. The molecule has 0 aliphatic rings. The number of thiocarbonyl (C=S) groups is 1. The second kappa shape index (κ2) is 17.7. The molecule has 0 bridgehead atoms. The maximum Gasteiger partial charge on any atom is 0.228 e. The monoisotopic (exact) mass is 535 g/mol. The van der Waals surface area contributed by atoms with Crippen molar-refractivity contribution in [3.63, 3.8) is 0 Å². The van der Waals surface area contributed by atoms with E-state index in [4.69, 9.17) is 47.0 Å². The number of rotatable bonds is 16. The van der Waals surface area contributed by atoms with Crippen molar-refractivity contribution in [2.24, 2.45) is 0 Å². The van der Waals surface area contributed by atoms with Gasteiger partial charge in [0.1, 0.15) is 6.17 Å². The minimum absolute atomic E-state index is 0.163. The number of hydrogen-bond acceptors (Lipinski definition) is 2. The summed E-state index contributed by atoms with van der Waals surface area (Å²) in [7, 11) is 0. The van der Waals surface area contributed by atoms with E-state index in [1.54, 1.807) is 0 Å². The summed E-state index contributed by atoms with van der Waals surface area (Å²) in [6, 6.07) is 7.74. The number of unbranched alkanes of at least 4 members (excludes halogenated alkanes) is 11. The topological polar surface area (TPSA) is 53.2 Å². The molecule has 1 amide bonds. The van der Waals surface area contributed by atoms with Crippen LogP contribution < -0.4 is 16.0 Å². The molecule has 0 saturated heterocycles. The van der Waals surface area contributed by atoms with Gasteiger partial charge < -0.3 is 16.0 Å². The van der Waals surface area contributed by atoms with E-state index in [0.29, 0.717) is 6.42 Å². The van der Waals surface area contributed by atoms with Gasteiger partial charge >= 0.3 is 0 Å². The first-order valence-corrected chi connectivity index (χ1v) is 13.8. The normalized spacial score (nSPS) is 12.3. The lowest BCUT2D eigenvalue weighted by molar-refractivity contribution is -0.122. The molecule has 4 nitrogen and oxygen atoms in total. The van der Waals surface area contributed by atoms with Crippen LogP contribution in [0.1, 0.15) is 96.0 Å². The summed E-state index contributed by atoms with van der Waals surface area (Å²) in [5.74, 6) is -0.163. The zero-order chi connectivity index (χ0) is 24.5. The predicted octanol–water partition coefficient (Wildman–Crippen LogP) is 8.19. The molecule has 188 valence electrons. The SMILES string of the molecule is CCCCCCCCCCCCCCC(=O)N[C@H](NC(=S)Nc1ccc(C)cc1)C(Cl)(Cl)Cl. The molecule has 3 N–H and O–H groups in total. The van der Waals surface area contributed by atoms with Gasteiger partial charge in [-0.25, -0.2) is 0 Å². The van der Waals surface area contributed by atoms with Crippen LogP contribution in [0.2, 0.25) is 0 Å². The summed E-state index contributed by atoms with van der Waals surface area (Å²) in [5, 5.41) is 8.93. The third-order valence-electron chi connectivity index (χ3n) is 5.47. The molecule has 1 atom stereocenters. The first-order valence-electron chi connectivity index (χ1n) is 12.2. The molecule has 0 spiro atoms. The summed E-state index contributed by atoms with van der Waals surface area (Å²) < 4.78 is -1.74. The fourth-order valence-electron chi connectivity index (χ4n) is 3.49. The standard InChI is InChI=1S/C25H40Cl3N3OS/c1-3-4-5-6-7-8-9-10-11-12-13-14-15-22(32)30-23(25(26,27)28)31-24(33)29-21-18-16-20(2)17-19-21/h16-19,23H,3-15H2,1-2H3,(H,30,32)(H2,29,31,33)/t23-/m1/s1. The van der Waals surface area contributed by atoms with Crippen molar-refractivity contribution >= 4 is 63.7 Å². The maximum absolute atomic E-state index is 12.4. The van der Waals surface area contributed by atoms with E-state index in [1.807, 2.05) is 31.2 Å². The van der Waals surface area contributed by atoms with E-state index >= 15 is 0 Å². The van der Waals surface area contributed by atoms with Gasteiger partial charge in [0.25, 0.3) is 0 Å². The van der Waals surface area contributed by atoms with Gasteiger partial charge in [-0.1, -0.05) is 130 Å². The van der Waals surface area contributed by atoms with Gasteiger partial charge in [0, 0.05) is 12.1 Å². The minimum Gasteiger partial charge on any atom is -0.339 e. The van der Waals surface area contributed by atoms with E-state index < -0.39 is 9.96 Å². The molecule has 0 fully saturated rings. The van der Waals surface area contributed by atoms with Crippen molar-refractivity contribution in [2.75, 3.05) is 5.32 Å². The number of amides is 1. The van der Waals surface area contributed by atoms with Crippen LogP contribution in [0.4, 0.5) is 5.69 Å². The van der Waals surface area contributed by atoms with Crippen molar-refractivity contribution in [3.05, 3.63) is 29.8 Å². The summed E-state index contributed by atoms with van der Waals surface area (Å²) in [6.07, 6.45) is 14.4. The van der Waals surface area contributed by atoms with Gasteiger partial charge in [0.05, 0.1) is 0 Å². The summed E-state index contributed by atoms with van der Waals surface area (Å²) in [5.41, 5.74) is 1.95. The molecule has 8 heteroatoms. The molecule has 33 heavy (non-hydrogen) atoms. The highest BCUT2D eigenvalue weighted by Crippen LogP contribution is 2.29. The van der Waals surface area contributed by atoms with Crippen LogP contribution >= 0.6 is 47.0 Å². The second-order valence-electron chi connectivity index (χ2n) is 8.65. The third-order valence-corrected chi connectivity index (χ3v) is 6.35. The molecule has 0 unspecified atom stereocenters. The van der Waals surface area contributed by atoms with E-state index in [0.717, 1.165) is 30.5 Å². The molecule has 1 aromatic rings. The Kier molecular flexibility index (Phi) is 16.2. The number of nitrogens with one attached hydrogen (secondary N) is 3. The Morgan fingerprint density at radius 2 is 1.33 bits per heavy atom. The van der Waals surface area contributed by atoms with Crippen molar-refractivity contribution < 1.29 is 4.79 Å². The highest BCUT2D eigenvalue weighted by Gasteiger charge is 2.34. The van der Waals surface area contributed by atoms with E-state index in [2.05, 4.69) is 22.9 Å². The zero-order valence-corrected chi connectivity index (χ0v) is 23.1. The average molecular weight is 537 g/mol. The molecule has 0 saturated carbocycles. The first-order chi connectivity index (χ1) is 15.7. The molecule has 0 aliphatic heterocycles. The highest BCUT2D eigenvalue weighted by atomic mass is 35.6. The van der Waals surface area contributed by atoms with E-state index in [9.17, 15) is 4.79 Å². The van der Waals surface area contributed by atoms with Gasteiger partial charge in [-0.3, -0.25) is 4.79 Å². The Balaban J connectivity index is 2.21. The molecule has 1 aromatic carbocycles. The maximum atomic E-state index is 12.4. The molecule has 1 rings (SSSR count). The van der Waals surface area contributed by atoms with Gasteiger partial charge in [-0.2, -0.15) is 0 Å². The van der Waals surface area contributed by atoms with Crippen molar-refractivity contribution in [3.8, 4) is 0 Å². The Bertz CT molecular complexity index is 680. The van der Waals surface area contributed by atoms with Gasteiger partial charge in [0.15, 0.2) is 5.11 Å². The fraction of sp³-hybridized carbons (Fsp3) is 0.680. The summed E-state index contributed by atoms with van der Waals surface area (Å²) >= 11 is 23.5. The summed E-state index contributed by atoms with van der Waals surface area (Å²) in [4.78, 5) is 12.4. The third kappa shape index (κ3) is 15.7. The van der Waals surface area contributed by atoms with Crippen LogP contribution in [0.25, 0.3) is 0 Å². The van der Waals surface area contributed by atoms with Crippen LogP contribution in [0, 0.1) is 6.92 Å². The number of benzene rings is 1. The number of alkyl halides is 3. The zero-order valence-electron chi connectivity index (χ0n) is 20.0. The highest BCUT2D eigenvalue weighted by molar-refractivity contribution is 7.80. The Morgan fingerprint density at radius 1 is 0.848 bits per heavy atom. The molecule has 0 heterocycles. The Hall–Kier alpha value is -0.750. The Morgan fingerprint density at radius 3 is 1.82 bits per heavy atom. The summed E-state index contributed by atoms with van der Waals surface area (Å²) in [6.45, 7) is 4.26. The minimum atomic E-state index is -1.74. The second-order valence-corrected chi connectivity index (χ2v) is 11.4. The lowest BCUT2D eigenvalue weighted by atomic mass is 10.0. The van der Waals surface area contributed by atoms with Gasteiger partial charge in [-0.15, -0.1) is 0 Å². The predicted molar refractivity (Wildman–Crippen MR) is 148 cm³/mol. The molecule has 0 aliphatic carbocycles. The van der Waals surface area contributed by atoms with Crippen LogP contribution in [0.5, 0.6) is 0 Å². The fourth-order valence-corrected chi connectivity index (χ4v) is 4.06. The van der Waals surface area contributed by atoms with Gasteiger partial charge in [-0.05, 0) is 37.7 Å². The van der Waals surface area contributed by atoms with Crippen LogP contribution in [-0.4, -0.2) is 21.0 Å². The average Bonchev–Trinajstić information content (AvgIpc) is 2.75.